The number of hydrogen-bond acceptors (Lipinski definition) is 2. The third kappa shape index (κ3) is 1.82. The van der Waals surface area contributed by atoms with Gasteiger partial charge in [-0.2, -0.15) is 4.57 Å². The number of benzene rings is 1. The standard InChI is InChI=1S/C22H23N2O2/c1-12(2)10-15-14-8-6-7-9-16(14)24(5)20-18-13(3)23(4)22-19(18)17(11-25-22)26-21(15)20/h6-9,11-12H,10H2,1-5H3/q+1. The molecular formula is C22H23N2O2+. The molecule has 26 heavy (non-hydrogen) atoms. The molecule has 0 aliphatic carbocycles. The van der Waals surface area contributed by atoms with Crippen molar-refractivity contribution in [2.45, 2.75) is 27.2 Å². The maximum Gasteiger partial charge on any atom is 0.258 e. The van der Waals surface area contributed by atoms with Gasteiger partial charge < -0.3 is 13.7 Å². The van der Waals surface area contributed by atoms with Crippen LogP contribution in [0.4, 0.5) is 0 Å². The number of furan rings is 1. The van der Waals surface area contributed by atoms with E-state index in [-0.39, 0.29) is 0 Å². The van der Waals surface area contributed by atoms with Crippen LogP contribution < -0.4 is 9.30 Å². The predicted octanol–water partition coefficient (Wildman–Crippen LogP) is 5.03. The second-order valence-electron chi connectivity index (χ2n) is 7.73. The lowest BCUT2D eigenvalue weighted by atomic mass is 9.93. The summed E-state index contributed by atoms with van der Waals surface area (Å²) in [5.74, 6) is 2.34. The van der Waals surface area contributed by atoms with Crippen molar-refractivity contribution in [1.82, 2.24) is 4.57 Å². The van der Waals surface area contributed by atoms with Crippen molar-refractivity contribution in [3.8, 4) is 22.8 Å². The van der Waals surface area contributed by atoms with Crippen LogP contribution in [-0.2, 0) is 20.5 Å². The molecular weight excluding hydrogens is 324 g/mol. The summed E-state index contributed by atoms with van der Waals surface area (Å²) in [4.78, 5) is 0. The summed E-state index contributed by atoms with van der Waals surface area (Å²) in [6.45, 7) is 6.67. The maximum atomic E-state index is 6.45. The van der Waals surface area contributed by atoms with Gasteiger partial charge >= 0.3 is 0 Å². The molecule has 0 bridgehead atoms. The van der Waals surface area contributed by atoms with E-state index >= 15 is 0 Å². The third-order valence-corrected chi connectivity index (χ3v) is 5.63. The largest absolute Gasteiger partial charge is 0.446 e. The molecule has 0 amide bonds. The lowest BCUT2D eigenvalue weighted by molar-refractivity contribution is -0.633. The van der Waals surface area contributed by atoms with Crippen LogP contribution in [0, 0.1) is 12.8 Å². The van der Waals surface area contributed by atoms with Gasteiger partial charge in [0.1, 0.15) is 13.3 Å². The van der Waals surface area contributed by atoms with E-state index in [2.05, 4.69) is 68.3 Å². The fourth-order valence-electron chi connectivity index (χ4n) is 4.35. The zero-order valence-electron chi connectivity index (χ0n) is 15.9. The molecule has 4 heterocycles. The highest BCUT2D eigenvalue weighted by Crippen LogP contribution is 2.51. The van der Waals surface area contributed by atoms with E-state index in [1.54, 1.807) is 6.26 Å². The normalized spacial score (nSPS) is 12.8. The van der Waals surface area contributed by atoms with Gasteiger partial charge in [-0.25, -0.2) is 0 Å². The monoisotopic (exact) mass is 347 g/mol. The topological polar surface area (TPSA) is 31.2 Å². The van der Waals surface area contributed by atoms with Gasteiger partial charge in [0.15, 0.2) is 5.75 Å². The van der Waals surface area contributed by atoms with Crippen molar-refractivity contribution in [1.29, 1.82) is 0 Å². The van der Waals surface area contributed by atoms with Crippen LogP contribution in [0.2, 0.25) is 0 Å². The van der Waals surface area contributed by atoms with Crippen LogP contribution in [0.25, 0.3) is 33.3 Å². The maximum absolute atomic E-state index is 6.45. The lowest BCUT2D eigenvalue weighted by Crippen LogP contribution is -2.34. The van der Waals surface area contributed by atoms with Gasteiger partial charge in [0.05, 0.1) is 16.3 Å². The van der Waals surface area contributed by atoms with Crippen molar-refractivity contribution in [2.75, 3.05) is 0 Å². The van der Waals surface area contributed by atoms with E-state index in [1.165, 1.54) is 27.7 Å². The number of ether oxygens (including phenoxy) is 1. The zero-order valence-corrected chi connectivity index (χ0v) is 15.9. The highest BCUT2D eigenvalue weighted by atomic mass is 16.5. The van der Waals surface area contributed by atoms with E-state index < -0.39 is 0 Å². The molecule has 1 aromatic carbocycles. The smallest absolute Gasteiger partial charge is 0.258 e. The van der Waals surface area contributed by atoms with E-state index in [1.807, 2.05) is 0 Å². The molecule has 4 aromatic rings. The van der Waals surface area contributed by atoms with Gasteiger partial charge in [-0.15, -0.1) is 0 Å². The van der Waals surface area contributed by atoms with Gasteiger partial charge in [-0.3, -0.25) is 0 Å². The van der Waals surface area contributed by atoms with Crippen molar-refractivity contribution in [2.24, 2.45) is 20.0 Å². The molecule has 0 saturated carbocycles. The second-order valence-corrected chi connectivity index (χ2v) is 7.73. The molecule has 0 spiro atoms. The molecule has 132 valence electrons. The highest BCUT2D eigenvalue weighted by Gasteiger charge is 2.37. The number of aromatic nitrogens is 2. The van der Waals surface area contributed by atoms with E-state index in [0.29, 0.717) is 5.92 Å². The van der Waals surface area contributed by atoms with Crippen LogP contribution in [-0.4, -0.2) is 4.57 Å². The summed E-state index contributed by atoms with van der Waals surface area (Å²) in [6, 6.07) is 8.61. The average Bonchev–Trinajstić information content (AvgIpc) is 3.15. The van der Waals surface area contributed by atoms with Gasteiger partial charge in [0.25, 0.3) is 5.69 Å². The molecule has 1 aliphatic heterocycles. The molecule has 3 aromatic heterocycles. The second kappa shape index (κ2) is 5.13. The Bertz CT molecular complexity index is 1190. The first-order chi connectivity index (χ1) is 12.5. The Morgan fingerprint density at radius 3 is 2.73 bits per heavy atom. The van der Waals surface area contributed by atoms with E-state index in [9.17, 15) is 0 Å². The Balaban J connectivity index is 1.98. The molecule has 0 atom stereocenters. The first-order valence-corrected chi connectivity index (χ1v) is 9.17. The van der Waals surface area contributed by atoms with Crippen LogP contribution in [0.3, 0.4) is 0 Å². The molecule has 4 nitrogen and oxygen atoms in total. The van der Waals surface area contributed by atoms with E-state index in [0.717, 1.165) is 34.7 Å². The Morgan fingerprint density at radius 2 is 1.96 bits per heavy atom. The van der Waals surface area contributed by atoms with Crippen molar-refractivity contribution < 1.29 is 13.7 Å². The van der Waals surface area contributed by atoms with Gasteiger partial charge in [0, 0.05) is 24.4 Å². The number of para-hydroxylation sites is 1. The van der Waals surface area contributed by atoms with E-state index in [4.69, 9.17) is 9.15 Å². The number of rotatable bonds is 2. The first-order valence-electron chi connectivity index (χ1n) is 9.17. The minimum absolute atomic E-state index is 0.543. The molecule has 0 radical (unpaired) electrons. The molecule has 4 heteroatoms. The number of nitrogens with zero attached hydrogens (tertiary/aromatic N) is 2. The number of hydrogen-bond donors (Lipinski definition) is 0. The van der Waals surface area contributed by atoms with Crippen molar-refractivity contribution >= 4 is 22.0 Å². The third-order valence-electron chi connectivity index (χ3n) is 5.63. The fourth-order valence-corrected chi connectivity index (χ4v) is 4.35. The average molecular weight is 347 g/mol. The molecule has 0 N–H and O–H groups in total. The minimum Gasteiger partial charge on any atom is -0.446 e. The first kappa shape index (κ1) is 15.5. The Morgan fingerprint density at radius 1 is 1.19 bits per heavy atom. The summed E-state index contributed by atoms with van der Waals surface area (Å²) in [7, 11) is 4.18. The van der Waals surface area contributed by atoms with Gasteiger partial charge in [-0.05, 0) is 25.3 Å². The summed E-state index contributed by atoms with van der Waals surface area (Å²) in [6.07, 6.45) is 2.72. The molecule has 0 unspecified atom stereocenters. The van der Waals surface area contributed by atoms with Crippen LogP contribution in [0.15, 0.2) is 34.9 Å². The van der Waals surface area contributed by atoms with Crippen molar-refractivity contribution in [3.05, 3.63) is 41.8 Å². The number of fused-ring (bicyclic) bond motifs is 3. The Labute approximate surface area is 152 Å². The summed E-state index contributed by atoms with van der Waals surface area (Å²) in [5.41, 5.74) is 6.96. The molecule has 0 fully saturated rings. The van der Waals surface area contributed by atoms with Crippen LogP contribution in [0.1, 0.15) is 25.1 Å². The fraction of sp³-hybridized carbons (Fsp3) is 0.318. The van der Waals surface area contributed by atoms with Crippen molar-refractivity contribution in [3.63, 3.8) is 0 Å². The number of aryl methyl sites for hydroxylation is 2. The molecule has 0 saturated heterocycles. The van der Waals surface area contributed by atoms with Crippen LogP contribution in [0.5, 0.6) is 11.5 Å². The minimum atomic E-state index is 0.543. The van der Waals surface area contributed by atoms with Gasteiger partial charge in [0.2, 0.25) is 17.0 Å². The zero-order chi connectivity index (χ0) is 18.2. The predicted molar refractivity (Wildman–Crippen MR) is 103 cm³/mol. The highest BCUT2D eigenvalue weighted by molar-refractivity contribution is 6.03. The Kier molecular flexibility index (Phi) is 3.06. The number of pyridine rings is 1. The quantitative estimate of drug-likeness (QED) is 0.419. The Hall–Kier alpha value is -2.75. The SMILES string of the molecule is Cc1c2c3c(coc3n1C)Oc1c(CC(C)C)c3ccccc3[n+](C)c1-2. The molecule has 5 rings (SSSR count). The summed E-state index contributed by atoms with van der Waals surface area (Å²) >= 11 is 0. The van der Waals surface area contributed by atoms with Crippen LogP contribution >= 0.6 is 0 Å². The summed E-state index contributed by atoms with van der Waals surface area (Å²) < 4.78 is 16.7. The summed E-state index contributed by atoms with van der Waals surface area (Å²) in [5, 5.41) is 2.35. The lowest BCUT2D eigenvalue weighted by Gasteiger charge is -2.20. The molecule has 1 aliphatic rings. The van der Waals surface area contributed by atoms with Gasteiger partial charge in [-0.1, -0.05) is 26.0 Å².